The Balaban J connectivity index is 1.40. The van der Waals surface area contributed by atoms with Gasteiger partial charge in [-0.3, -0.25) is 9.97 Å². The minimum Gasteiger partial charge on any atom is -0.332 e. The van der Waals surface area contributed by atoms with Gasteiger partial charge in [0.1, 0.15) is 0 Å². The zero-order chi connectivity index (χ0) is 21.1. The van der Waals surface area contributed by atoms with Crippen LogP contribution < -0.4 is 5.32 Å². The summed E-state index contributed by atoms with van der Waals surface area (Å²) < 4.78 is 25.5. The number of pyridine rings is 2. The Bertz CT molecular complexity index is 1230. The number of carbonyl (C=O) groups is 1. The number of urea groups is 1. The summed E-state index contributed by atoms with van der Waals surface area (Å²) in [4.78, 5) is 22.4. The third-order valence-electron chi connectivity index (χ3n) is 4.82. The summed E-state index contributed by atoms with van der Waals surface area (Å²) >= 11 is 0. The lowest BCUT2D eigenvalue weighted by Gasteiger charge is -2.16. The van der Waals surface area contributed by atoms with Gasteiger partial charge in [-0.15, -0.1) is 0 Å². The molecule has 1 aliphatic heterocycles. The average Bonchev–Trinajstić information content (AvgIpc) is 3.22. The third-order valence-corrected chi connectivity index (χ3v) is 6.55. The highest BCUT2D eigenvalue weighted by atomic mass is 32.2. The predicted molar refractivity (Wildman–Crippen MR) is 107 cm³/mol. The van der Waals surface area contributed by atoms with Gasteiger partial charge in [-0.2, -0.15) is 5.26 Å². The topological polar surface area (TPSA) is 116 Å². The number of nitriles is 1. The number of hydrogen-bond acceptors (Lipinski definition) is 6. The van der Waals surface area contributed by atoms with E-state index in [1.807, 2.05) is 12.1 Å². The number of fused-ring (bicyclic) bond motifs is 1. The second kappa shape index (κ2) is 7.93. The van der Waals surface area contributed by atoms with E-state index in [2.05, 4.69) is 15.3 Å². The van der Waals surface area contributed by atoms with Crippen LogP contribution in [0.25, 0.3) is 0 Å². The number of benzene rings is 1. The Hall–Kier alpha value is -3.77. The lowest BCUT2D eigenvalue weighted by atomic mass is 10.2. The van der Waals surface area contributed by atoms with Crippen LogP contribution >= 0.6 is 0 Å². The molecule has 1 N–H and O–H groups in total. The molecule has 3 aromatic rings. The van der Waals surface area contributed by atoms with E-state index in [0.717, 1.165) is 11.1 Å². The molecule has 1 aromatic carbocycles. The maximum Gasteiger partial charge on any atom is 0.318 e. The average molecular weight is 419 g/mol. The highest BCUT2D eigenvalue weighted by Gasteiger charge is 2.23. The predicted octanol–water partition coefficient (Wildman–Crippen LogP) is 2.41. The van der Waals surface area contributed by atoms with Gasteiger partial charge < -0.3 is 10.2 Å². The van der Waals surface area contributed by atoms with E-state index in [-0.39, 0.29) is 27.9 Å². The van der Waals surface area contributed by atoms with Gasteiger partial charge >= 0.3 is 6.03 Å². The molecule has 8 nitrogen and oxygen atoms in total. The van der Waals surface area contributed by atoms with Crippen LogP contribution in [-0.2, 0) is 29.5 Å². The highest BCUT2D eigenvalue weighted by molar-refractivity contribution is 7.91. The van der Waals surface area contributed by atoms with Crippen LogP contribution in [0.2, 0.25) is 0 Å². The highest BCUT2D eigenvalue weighted by Crippen LogP contribution is 2.22. The quantitative estimate of drug-likeness (QED) is 0.694. The standard InChI is InChI=1S/C21H17N5O3S/c22-9-15-2-1-3-19(8-15)30(28,29)20-5-4-18(24-12-20)11-25-21(27)26-13-16-6-7-23-10-17(16)14-26/h1-8,10,12H,11,13-14H2,(H,25,27). The summed E-state index contributed by atoms with van der Waals surface area (Å²) in [6.45, 7) is 1.20. The zero-order valence-electron chi connectivity index (χ0n) is 15.8. The van der Waals surface area contributed by atoms with Gasteiger partial charge in [-0.25, -0.2) is 13.2 Å². The van der Waals surface area contributed by atoms with Crippen LogP contribution in [0, 0.1) is 11.3 Å². The van der Waals surface area contributed by atoms with E-state index < -0.39 is 9.84 Å². The Morgan fingerprint density at radius 3 is 2.67 bits per heavy atom. The zero-order valence-corrected chi connectivity index (χ0v) is 16.6. The smallest absolute Gasteiger partial charge is 0.318 e. The molecule has 9 heteroatoms. The molecule has 0 atom stereocenters. The molecule has 0 aliphatic carbocycles. The first-order valence-corrected chi connectivity index (χ1v) is 10.6. The number of sulfone groups is 1. The van der Waals surface area contributed by atoms with Gasteiger partial charge in [0, 0.05) is 31.7 Å². The number of nitrogens with one attached hydrogen (secondary N) is 1. The second-order valence-electron chi connectivity index (χ2n) is 6.79. The SMILES string of the molecule is N#Cc1cccc(S(=O)(=O)c2ccc(CNC(=O)N3Cc4ccncc4C3)nc2)c1. The van der Waals surface area contributed by atoms with E-state index in [1.54, 1.807) is 29.4 Å². The van der Waals surface area contributed by atoms with Crippen molar-refractivity contribution in [3.8, 4) is 6.07 Å². The molecule has 0 bridgehead atoms. The van der Waals surface area contributed by atoms with Gasteiger partial charge in [0.05, 0.1) is 33.7 Å². The van der Waals surface area contributed by atoms with Crippen molar-refractivity contribution in [2.24, 2.45) is 0 Å². The summed E-state index contributed by atoms with van der Waals surface area (Å²) in [7, 11) is -3.78. The monoisotopic (exact) mass is 419 g/mol. The molecule has 0 unspecified atom stereocenters. The minimum absolute atomic E-state index is 0.0233. The van der Waals surface area contributed by atoms with Gasteiger partial charge in [0.25, 0.3) is 0 Å². The van der Waals surface area contributed by atoms with Crippen molar-refractivity contribution in [3.63, 3.8) is 0 Å². The van der Waals surface area contributed by atoms with Gasteiger partial charge in [0.2, 0.25) is 9.84 Å². The molecule has 0 radical (unpaired) electrons. The van der Waals surface area contributed by atoms with Crippen LogP contribution in [0.1, 0.15) is 22.4 Å². The molecule has 0 spiro atoms. The van der Waals surface area contributed by atoms with Crippen molar-refractivity contribution in [1.29, 1.82) is 5.26 Å². The maximum atomic E-state index is 12.7. The number of aromatic nitrogens is 2. The molecule has 2 aromatic heterocycles. The van der Waals surface area contributed by atoms with Gasteiger partial charge in [-0.1, -0.05) is 6.07 Å². The summed E-state index contributed by atoms with van der Waals surface area (Å²) in [5.41, 5.74) is 2.91. The molecule has 0 saturated carbocycles. The van der Waals surface area contributed by atoms with E-state index in [9.17, 15) is 13.2 Å². The van der Waals surface area contributed by atoms with Crippen molar-refractivity contribution in [2.45, 2.75) is 29.4 Å². The van der Waals surface area contributed by atoms with E-state index in [4.69, 9.17) is 5.26 Å². The number of hydrogen-bond donors (Lipinski definition) is 1. The van der Waals surface area contributed by atoms with Crippen molar-refractivity contribution < 1.29 is 13.2 Å². The van der Waals surface area contributed by atoms with Crippen molar-refractivity contribution in [1.82, 2.24) is 20.2 Å². The van der Waals surface area contributed by atoms with Crippen LogP contribution in [-0.4, -0.2) is 29.3 Å². The first kappa shape index (κ1) is 19.5. The molecule has 1 aliphatic rings. The third kappa shape index (κ3) is 3.86. The summed E-state index contributed by atoms with van der Waals surface area (Å²) in [5, 5.41) is 11.8. The number of amides is 2. The Morgan fingerprint density at radius 1 is 1.10 bits per heavy atom. The molecular weight excluding hydrogens is 402 g/mol. The Kier molecular flexibility index (Phi) is 5.16. The normalized spacial score (nSPS) is 12.8. The molecule has 30 heavy (non-hydrogen) atoms. The molecule has 150 valence electrons. The summed E-state index contributed by atoms with van der Waals surface area (Å²) in [6.07, 6.45) is 4.72. The van der Waals surface area contributed by atoms with E-state index in [1.165, 1.54) is 30.5 Å². The second-order valence-corrected chi connectivity index (χ2v) is 8.74. The lowest BCUT2D eigenvalue weighted by Crippen LogP contribution is -2.36. The van der Waals surface area contributed by atoms with Crippen molar-refractivity contribution >= 4 is 15.9 Å². The molecule has 3 heterocycles. The van der Waals surface area contributed by atoms with E-state index in [0.29, 0.717) is 18.8 Å². The van der Waals surface area contributed by atoms with Crippen LogP contribution in [0.5, 0.6) is 0 Å². The van der Waals surface area contributed by atoms with Crippen LogP contribution in [0.4, 0.5) is 4.79 Å². The molecule has 4 rings (SSSR count). The largest absolute Gasteiger partial charge is 0.332 e. The molecular formula is C21H17N5O3S. The summed E-state index contributed by atoms with van der Waals surface area (Å²) in [6, 6.07) is 12.4. The Morgan fingerprint density at radius 2 is 1.93 bits per heavy atom. The first-order chi connectivity index (χ1) is 14.5. The number of rotatable bonds is 4. The van der Waals surface area contributed by atoms with Crippen molar-refractivity contribution in [2.75, 3.05) is 0 Å². The number of carbonyl (C=O) groups excluding carboxylic acids is 1. The van der Waals surface area contributed by atoms with E-state index >= 15 is 0 Å². The van der Waals surface area contributed by atoms with Gasteiger partial charge in [0.15, 0.2) is 0 Å². The van der Waals surface area contributed by atoms with Crippen LogP contribution in [0.3, 0.4) is 0 Å². The molecule has 0 saturated heterocycles. The van der Waals surface area contributed by atoms with Crippen molar-refractivity contribution in [3.05, 3.63) is 83.4 Å². The number of nitrogens with zero attached hydrogens (tertiary/aromatic N) is 4. The van der Waals surface area contributed by atoms with Gasteiger partial charge in [-0.05, 0) is 47.5 Å². The first-order valence-electron chi connectivity index (χ1n) is 9.12. The lowest BCUT2D eigenvalue weighted by molar-refractivity contribution is 0.198. The van der Waals surface area contributed by atoms with Crippen LogP contribution in [0.15, 0.2) is 70.8 Å². The molecule has 2 amide bonds. The fraction of sp³-hybridized carbons (Fsp3) is 0.143. The fourth-order valence-electron chi connectivity index (χ4n) is 3.18. The maximum absolute atomic E-state index is 12.7. The Labute approximate surface area is 173 Å². The molecule has 0 fully saturated rings. The fourth-order valence-corrected chi connectivity index (χ4v) is 4.44. The summed E-state index contributed by atoms with van der Waals surface area (Å²) in [5.74, 6) is 0. The minimum atomic E-state index is -3.78.